The highest BCUT2D eigenvalue weighted by molar-refractivity contribution is 14.0. The Kier molecular flexibility index (Phi) is 11.1. The number of hydrogen-bond donors (Lipinski definition) is 2. The second-order valence-electron chi connectivity index (χ2n) is 6.57. The third-order valence-corrected chi connectivity index (χ3v) is 4.66. The predicted octanol–water partition coefficient (Wildman–Crippen LogP) is 2.85. The maximum absolute atomic E-state index is 5.06. The molecule has 2 rings (SSSR count). The predicted molar refractivity (Wildman–Crippen MR) is 116 cm³/mol. The summed E-state index contributed by atoms with van der Waals surface area (Å²) in [5.41, 5.74) is 2.75. The van der Waals surface area contributed by atoms with Crippen molar-refractivity contribution in [3.8, 4) is 0 Å². The van der Waals surface area contributed by atoms with Crippen LogP contribution in [0.3, 0.4) is 0 Å². The van der Waals surface area contributed by atoms with Crippen molar-refractivity contribution < 1.29 is 4.74 Å². The Morgan fingerprint density at radius 3 is 2.52 bits per heavy atom. The van der Waals surface area contributed by atoms with Gasteiger partial charge < -0.3 is 15.4 Å². The lowest BCUT2D eigenvalue weighted by Gasteiger charge is -2.30. The number of rotatable bonds is 7. The number of benzene rings is 1. The van der Waals surface area contributed by atoms with Gasteiger partial charge in [0.2, 0.25) is 0 Å². The Morgan fingerprint density at radius 2 is 1.88 bits per heavy atom. The zero-order valence-corrected chi connectivity index (χ0v) is 18.1. The molecule has 6 heteroatoms. The van der Waals surface area contributed by atoms with Gasteiger partial charge in [0, 0.05) is 33.8 Å². The van der Waals surface area contributed by atoms with Gasteiger partial charge in [-0.25, -0.2) is 0 Å². The van der Waals surface area contributed by atoms with E-state index in [1.54, 1.807) is 14.2 Å². The summed E-state index contributed by atoms with van der Waals surface area (Å²) in [6, 6.07) is 8.70. The van der Waals surface area contributed by atoms with Gasteiger partial charge in [0.25, 0.3) is 0 Å². The minimum absolute atomic E-state index is 0. The molecule has 1 aromatic carbocycles. The number of halogens is 1. The number of methoxy groups -OCH3 is 1. The molecule has 142 valence electrons. The van der Waals surface area contributed by atoms with E-state index in [0.29, 0.717) is 6.61 Å². The Morgan fingerprint density at radius 1 is 1.20 bits per heavy atom. The van der Waals surface area contributed by atoms with Crippen molar-refractivity contribution in [3.63, 3.8) is 0 Å². The van der Waals surface area contributed by atoms with E-state index in [2.05, 4.69) is 51.7 Å². The van der Waals surface area contributed by atoms with E-state index in [9.17, 15) is 0 Å². The van der Waals surface area contributed by atoms with E-state index in [1.807, 2.05) is 0 Å². The van der Waals surface area contributed by atoms with Crippen LogP contribution in [0.25, 0.3) is 0 Å². The van der Waals surface area contributed by atoms with Crippen molar-refractivity contribution in [3.05, 3.63) is 35.4 Å². The van der Waals surface area contributed by atoms with Crippen LogP contribution in [0, 0.1) is 5.92 Å². The fraction of sp³-hybridized carbons (Fsp3) is 0.632. The zero-order valence-electron chi connectivity index (χ0n) is 15.8. The third kappa shape index (κ3) is 7.92. The smallest absolute Gasteiger partial charge is 0.191 e. The maximum atomic E-state index is 5.06. The van der Waals surface area contributed by atoms with Crippen molar-refractivity contribution in [1.82, 2.24) is 15.5 Å². The topological polar surface area (TPSA) is 48.9 Å². The molecule has 1 aromatic rings. The molecule has 0 bridgehead atoms. The van der Waals surface area contributed by atoms with E-state index in [1.165, 1.54) is 37.1 Å². The van der Waals surface area contributed by atoms with Crippen LogP contribution >= 0.6 is 24.0 Å². The largest absolute Gasteiger partial charge is 0.383 e. The molecule has 1 saturated heterocycles. The summed E-state index contributed by atoms with van der Waals surface area (Å²) in [6.07, 6.45) is 2.63. The number of nitrogens with one attached hydrogen (secondary N) is 2. The molecule has 0 aliphatic carbocycles. The number of likely N-dealkylation sites (tertiary alicyclic amines) is 1. The van der Waals surface area contributed by atoms with Gasteiger partial charge in [-0.3, -0.25) is 9.89 Å². The van der Waals surface area contributed by atoms with Gasteiger partial charge in [0.15, 0.2) is 5.96 Å². The summed E-state index contributed by atoms with van der Waals surface area (Å²) < 4.78 is 5.06. The van der Waals surface area contributed by atoms with Gasteiger partial charge in [-0.15, -0.1) is 24.0 Å². The molecule has 1 aliphatic heterocycles. The Labute approximate surface area is 169 Å². The van der Waals surface area contributed by atoms with Crippen molar-refractivity contribution in [2.45, 2.75) is 32.9 Å². The lowest BCUT2D eigenvalue weighted by Crippen LogP contribution is -2.38. The molecule has 0 radical (unpaired) electrons. The molecule has 25 heavy (non-hydrogen) atoms. The van der Waals surface area contributed by atoms with Gasteiger partial charge in [0.1, 0.15) is 0 Å². The zero-order chi connectivity index (χ0) is 17.2. The standard InChI is InChI=1S/C19H32N4O.HI/c1-16-8-11-23(12-9-16)15-18-7-5-4-6-17(18)14-22-19(20-2)21-10-13-24-3;/h4-7,16H,8-15H2,1-3H3,(H2,20,21,22);1H. The summed E-state index contributed by atoms with van der Waals surface area (Å²) >= 11 is 0. The first kappa shape index (κ1) is 22.2. The molecule has 1 aliphatic rings. The average Bonchev–Trinajstić information content (AvgIpc) is 2.61. The normalized spacial score (nSPS) is 16.4. The molecule has 1 fully saturated rings. The number of hydrogen-bond acceptors (Lipinski definition) is 3. The fourth-order valence-electron chi connectivity index (χ4n) is 3.02. The van der Waals surface area contributed by atoms with Crippen LogP contribution in [-0.4, -0.2) is 51.3 Å². The van der Waals surface area contributed by atoms with Crippen molar-refractivity contribution in [1.29, 1.82) is 0 Å². The van der Waals surface area contributed by atoms with Crippen LogP contribution in [0.2, 0.25) is 0 Å². The van der Waals surface area contributed by atoms with Crippen LogP contribution < -0.4 is 10.6 Å². The average molecular weight is 460 g/mol. The summed E-state index contributed by atoms with van der Waals surface area (Å²) in [5, 5.41) is 6.64. The molecule has 0 aromatic heterocycles. The lowest BCUT2D eigenvalue weighted by molar-refractivity contribution is 0.185. The van der Waals surface area contributed by atoms with Crippen molar-refractivity contribution >= 4 is 29.9 Å². The highest BCUT2D eigenvalue weighted by atomic mass is 127. The molecule has 0 unspecified atom stereocenters. The van der Waals surface area contributed by atoms with Crippen LogP contribution in [0.15, 0.2) is 29.3 Å². The Hall–Kier alpha value is -0.860. The van der Waals surface area contributed by atoms with E-state index in [-0.39, 0.29) is 24.0 Å². The Bertz CT molecular complexity index is 516. The van der Waals surface area contributed by atoms with Crippen LogP contribution in [0.1, 0.15) is 30.9 Å². The van der Waals surface area contributed by atoms with E-state index < -0.39 is 0 Å². The second-order valence-corrected chi connectivity index (χ2v) is 6.57. The summed E-state index contributed by atoms with van der Waals surface area (Å²) in [5.74, 6) is 1.69. The minimum Gasteiger partial charge on any atom is -0.383 e. The summed E-state index contributed by atoms with van der Waals surface area (Å²) in [7, 11) is 3.50. The quantitative estimate of drug-likeness (QED) is 0.285. The molecule has 0 atom stereocenters. The number of aliphatic imine (C=N–C) groups is 1. The molecule has 5 nitrogen and oxygen atoms in total. The van der Waals surface area contributed by atoms with Crippen LogP contribution in [0.4, 0.5) is 0 Å². The van der Waals surface area contributed by atoms with Crippen LogP contribution in [0.5, 0.6) is 0 Å². The third-order valence-electron chi connectivity index (χ3n) is 4.66. The second kappa shape index (κ2) is 12.5. The van der Waals surface area contributed by atoms with E-state index in [4.69, 9.17) is 4.74 Å². The highest BCUT2D eigenvalue weighted by Crippen LogP contribution is 2.19. The molecule has 0 saturated carbocycles. The SMILES string of the molecule is CN=C(NCCOC)NCc1ccccc1CN1CCC(C)CC1.I. The molecule has 0 amide bonds. The first-order valence-corrected chi connectivity index (χ1v) is 8.95. The number of ether oxygens (including phenoxy) is 1. The van der Waals surface area contributed by atoms with E-state index >= 15 is 0 Å². The summed E-state index contributed by atoms with van der Waals surface area (Å²) in [6.45, 7) is 8.03. The Balaban J connectivity index is 0.00000312. The van der Waals surface area contributed by atoms with Crippen molar-refractivity contribution in [2.24, 2.45) is 10.9 Å². The number of guanidine groups is 1. The van der Waals surface area contributed by atoms with E-state index in [0.717, 1.165) is 31.5 Å². The highest BCUT2D eigenvalue weighted by Gasteiger charge is 2.16. The molecular weight excluding hydrogens is 427 g/mol. The number of nitrogens with zero attached hydrogens (tertiary/aromatic N) is 2. The lowest BCUT2D eigenvalue weighted by atomic mass is 9.98. The van der Waals surface area contributed by atoms with Crippen molar-refractivity contribution in [2.75, 3.05) is 40.4 Å². The fourth-order valence-corrected chi connectivity index (χ4v) is 3.02. The maximum Gasteiger partial charge on any atom is 0.191 e. The first-order valence-electron chi connectivity index (χ1n) is 8.95. The first-order chi connectivity index (χ1) is 11.7. The van der Waals surface area contributed by atoms with Gasteiger partial charge in [-0.05, 0) is 43.0 Å². The summed E-state index contributed by atoms with van der Waals surface area (Å²) in [4.78, 5) is 6.83. The molecule has 2 N–H and O–H groups in total. The van der Waals surface area contributed by atoms with Gasteiger partial charge >= 0.3 is 0 Å². The molecule has 1 heterocycles. The minimum atomic E-state index is 0. The monoisotopic (exact) mass is 460 g/mol. The molecule has 0 spiro atoms. The molecular formula is C19H33IN4O. The van der Waals surface area contributed by atoms with Crippen LogP contribution in [-0.2, 0) is 17.8 Å². The van der Waals surface area contributed by atoms with Gasteiger partial charge in [-0.1, -0.05) is 31.2 Å². The van der Waals surface area contributed by atoms with Gasteiger partial charge in [0.05, 0.1) is 6.61 Å². The van der Waals surface area contributed by atoms with Gasteiger partial charge in [-0.2, -0.15) is 0 Å². The number of piperidine rings is 1.